The second-order valence-electron chi connectivity index (χ2n) is 10.1. The molecule has 1 amide bonds. The third-order valence-corrected chi connectivity index (χ3v) is 6.48. The number of benzene rings is 2. The molecule has 0 aliphatic rings. The number of hydrogen-bond acceptors (Lipinski definition) is 6. The Labute approximate surface area is 252 Å². The van der Waals surface area contributed by atoms with E-state index >= 15 is 0 Å². The number of carbonyl (C=O) groups excluding carboxylic acids is 2. The van der Waals surface area contributed by atoms with Crippen LogP contribution < -0.4 is 5.32 Å². The molecular weight excluding hydrogens is 519 g/mol. The van der Waals surface area contributed by atoms with E-state index < -0.39 is 29.5 Å². The van der Waals surface area contributed by atoms with Crippen molar-refractivity contribution in [1.29, 1.82) is 0 Å². The van der Waals surface area contributed by atoms with E-state index in [1.807, 2.05) is 43.5 Å². The second kappa shape index (κ2) is 14.9. The van der Waals surface area contributed by atoms with Crippen LogP contribution in [0.1, 0.15) is 54.2 Å². The van der Waals surface area contributed by atoms with Crippen LogP contribution in [-0.2, 0) is 14.3 Å². The van der Waals surface area contributed by atoms with Gasteiger partial charge in [0.05, 0.1) is 5.57 Å². The van der Waals surface area contributed by atoms with Gasteiger partial charge in [0.1, 0.15) is 11.6 Å². The van der Waals surface area contributed by atoms with Gasteiger partial charge in [0, 0.05) is 23.5 Å². The van der Waals surface area contributed by atoms with Crippen molar-refractivity contribution in [2.24, 2.45) is 0 Å². The van der Waals surface area contributed by atoms with Crippen LogP contribution >= 0.6 is 11.8 Å². The number of carboxylic acids is 1. The minimum absolute atomic E-state index is 0. The fraction of sp³-hybridized carbons (Fsp3) is 0.290. The Bertz CT molecular complexity index is 1370. The number of ether oxygens (including phenoxy) is 1. The number of aryl methyl sites for hydroxylation is 1. The number of carbonyl (C=O) groups is 3. The molecule has 1 heterocycles. The Morgan fingerprint density at radius 3 is 2.40 bits per heavy atom. The molecule has 2 aromatic carbocycles. The van der Waals surface area contributed by atoms with Crippen molar-refractivity contribution in [1.82, 2.24) is 10.3 Å². The Hall–Kier alpha value is -3.31. The van der Waals surface area contributed by atoms with E-state index in [1.165, 1.54) is 11.8 Å². The van der Waals surface area contributed by atoms with Crippen molar-refractivity contribution in [2.75, 3.05) is 12.0 Å². The molecule has 0 unspecified atom stereocenters. The van der Waals surface area contributed by atoms with Crippen LogP contribution in [-0.4, -0.2) is 70.4 Å². The van der Waals surface area contributed by atoms with Gasteiger partial charge in [-0.1, -0.05) is 36.4 Å². The first-order valence-corrected chi connectivity index (χ1v) is 14.0. The van der Waals surface area contributed by atoms with Gasteiger partial charge in [0.2, 0.25) is 0 Å². The Morgan fingerprint density at radius 1 is 1.07 bits per heavy atom. The van der Waals surface area contributed by atoms with E-state index in [2.05, 4.69) is 10.3 Å². The second-order valence-corrected chi connectivity index (χ2v) is 11.1. The van der Waals surface area contributed by atoms with Crippen LogP contribution in [0.25, 0.3) is 22.8 Å². The van der Waals surface area contributed by atoms with Crippen molar-refractivity contribution in [3.05, 3.63) is 89.2 Å². The van der Waals surface area contributed by atoms with Crippen LogP contribution in [0.15, 0.2) is 67.0 Å². The quantitative estimate of drug-likeness (QED) is 0.201. The van der Waals surface area contributed by atoms with Gasteiger partial charge in [-0.05, 0) is 92.7 Å². The predicted molar refractivity (Wildman–Crippen MR) is 164 cm³/mol. The summed E-state index contributed by atoms with van der Waals surface area (Å²) < 4.78 is 5.66. The first kappa shape index (κ1) is 32.9. The number of hydrogen-bond donors (Lipinski definition) is 2. The molecule has 40 heavy (non-hydrogen) atoms. The third-order valence-electron chi connectivity index (χ3n) is 5.84. The summed E-state index contributed by atoms with van der Waals surface area (Å²) in [6.07, 6.45) is 7.14. The van der Waals surface area contributed by atoms with Crippen molar-refractivity contribution in [3.8, 4) is 11.1 Å². The average Bonchev–Trinajstić information content (AvgIpc) is 2.89. The van der Waals surface area contributed by atoms with Crippen molar-refractivity contribution in [2.45, 2.75) is 45.8 Å². The molecule has 9 heteroatoms. The number of aromatic nitrogens is 1. The van der Waals surface area contributed by atoms with Crippen LogP contribution in [0, 0.1) is 6.92 Å². The minimum atomic E-state index is -1.08. The average molecular weight is 555 g/mol. The fourth-order valence-electron chi connectivity index (χ4n) is 3.96. The SMILES string of the molecule is CSCC[C@H](NC(=O)c1ccc(C=C(C(=O)OC(C)(C)C)c2cccnc2)cc1-c1ccccc1C)C(=O)O.[LiH]. The number of thioether (sulfide) groups is 1. The Morgan fingerprint density at radius 2 is 1.80 bits per heavy atom. The molecular formula is C31H35LiN2O5S. The molecule has 2 N–H and O–H groups in total. The van der Waals surface area contributed by atoms with E-state index in [4.69, 9.17) is 4.74 Å². The molecule has 3 rings (SSSR count). The van der Waals surface area contributed by atoms with Gasteiger partial charge in [0.25, 0.3) is 5.91 Å². The summed E-state index contributed by atoms with van der Waals surface area (Å²) in [5, 5.41) is 12.3. The topological polar surface area (TPSA) is 106 Å². The molecule has 206 valence electrons. The number of pyridine rings is 1. The molecule has 0 spiro atoms. The molecule has 3 aromatic rings. The molecule has 0 saturated heterocycles. The van der Waals surface area contributed by atoms with E-state index in [1.54, 1.807) is 63.5 Å². The zero-order valence-corrected chi connectivity index (χ0v) is 23.7. The van der Waals surface area contributed by atoms with Crippen LogP contribution in [0.5, 0.6) is 0 Å². The van der Waals surface area contributed by atoms with Gasteiger partial charge in [-0.15, -0.1) is 0 Å². The summed E-state index contributed by atoms with van der Waals surface area (Å²) in [6, 6.07) is 15.4. The first-order valence-electron chi connectivity index (χ1n) is 12.6. The maximum absolute atomic E-state index is 13.4. The summed E-state index contributed by atoms with van der Waals surface area (Å²) in [6.45, 7) is 7.36. The third kappa shape index (κ3) is 9.12. The molecule has 1 aromatic heterocycles. The molecule has 1 atom stereocenters. The number of carboxylic acid groups (broad SMARTS) is 1. The summed E-state index contributed by atoms with van der Waals surface area (Å²) in [7, 11) is 0. The molecule has 0 aliphatic carbocycles. The molecule has 0 fully saturated rings. The predicted octanol–water partition coefficient (Wildman–Crippen LogP) is 5.23. The van der Waals surface area contributed by atoms with Gasteiger partial charge in [0.15, 0.2) is 0 Å². The van der Waals surface area contributed by atoms with Crippen LogP contribution in [0.4, 0.5) is 0 Å². The van der Waals surface area contributed by atoms with Crippen molar-refractivity contribution < 1.29 is 24.2 Å². The Balaban J connectivity index is 0.00000560. The molecule has 0 radical (unpaired) electrons. The number of rotatable bonds is 10. The standard InChI is InChI=1S/C31H34N2O5S.Li.H/c1-20-9-6-7-11-23(20)26-18-21(12-13-24(26)28(34)33-27(29(35)36)14-16-39-5)17-25(22-10-8-15-32-19-22)30(37)38-31(2,3)4;;/h6-13,15,17-19,27H,14,16H2,1-5H3,(H,33,34)(H,35,36);;/t27-;;/m0../s1. The van der Waals surface area contributed by atoms with E-state index in [9.17, 15) is 19.5 Å². The molecule has 0 bridgehead atoms. The van der Waals surface area contributed by atoms with Crippen LogP contribution in [0.2, 0.25) is 0 Å². The summed E-state index contributed by atoms with van der Waals surface area (Å²) >= 11 is 1.52. The summed E-state index contributed by atoms with van der Waals surface area (Å²) in [5.74, 6) is -1.44. The van der Waals surface area contributed by atoms with E-state index in [0.29, 0.717) is 40.0 Å². The zero-order valence-electron chi connectivity index (χ0n) is 22.9. The summed E-state index contributed by atoms with van der Waals surface area (Å²) in [5.41, 5.74) is 3.66. The van der Waals surface area contributed by atoms with E-state index in [-0.39, 0.29) is 18.9 Å². The van der Waals surface area contributed by atoms with Crippen LogP contribution in [0.3, 0.4) is 0 Å². The first-order chi connectivity index (χ1) is 18.5. The maximum atomic E-state index is 13.4. The van der Waals surface area contributed by atoms with Gasteiger partial charge >= 0.3 is 30.8 Å². The van der Waals surface area contributed by atoms with E-state index in [0.717, 1.165) is 11.1 Å². The Kier molecular flexibility index (Phi) is 12.3. The van der Waals surface area contributed by atoms with Gasteiger partial charge in [-0.25, -0.2) is 9.59 Å². The number of nitrogens with zero attached hydrogens (tertiary/aromatic N) is 1. The van der Waals surface area contributed by atoms with Gasteiger partial charge in [-0.2, -0.15) is 11.8 Å². The van der Waals surface area contributed by atoms with Gasteiger partial charge in [-0.3, -0.25) is 9.78 Å². The number of aliphatic carboxylic acids is 1. The number of amides is 1. The van der Waals surface area contributed by atoms with Crippen molar-refractivity contribution >= 4 is 60.1 Å². The normalized spacial score (nSPS) is 12.2. The number of nitrogens with one attached hydrogen (secondary N) is 1. The summed E-state index contributed by atoms with van der Waals surface area (Å²) in [4.78, 5) is 42.5. The zero-order chi connectivity index (χ0) is 28.6. The molecule has 7 nitrogen and oxygen atoms in total. The monoisotopic (exact) mass is 554 g/mol. The molecule has 0 saturated carbocycles. The fourth-order valence-corrected chi connectivity index (χ4v) is 4.43. The van der Waals surface area contributed by atoms with Crippen molar-refractivity contribution in [3.63, 3.8) is 0 Å². The molecule has 0 aliphatic heterocycles. The van der Waals surface area contributed by atoms with Gasteiger partial charge < -0.3 is 15.2 Å². The number of esters is 1.